The number of ether oxygens (including phenoxy) is 1. The number of methoxy groups -OCH3 is 1. The van der Waals surface area contributed by atoms with Crippen molar-refractivity contribution in [2.75, 3.05) is 14.2 Å². The zero-order valence-electron chi connectivity index (χ0n) is 6.42. The predicted octanol–water partition coefficient (Wildman–Crippen LogP) is -0.872. The number of likely N-dealkylation sites (N-methyl/N-ethyl adjacent to an activating group) is 1. The van der Waals surface area contributed by atoms with Gasteiger partial charge >= 0.3 is 5.97 Å². The minimum Gasteiger partial charge on any atom is -0.467 e. The molecule has 0 aromatic heterocycles. The molecule has 2 unspecified atom stereocenters. The van der Waals surface area contributed by atoms with Crippen LogP contribution >= 0.6 is 0 Å². The van der Waals surface area contributed by atoms with Gasteiger partial charge in [-0.3, -0.25) is 0 Å². The van der Waals surface area contributed by atoms with E-state index in [2.05, 4.69) is 10.1 Å². The lowest BCUT2D eigenvalue weighted by atomic mass is 10.2. The summed E-state index contributed by atoms with van der Waals surface area (Å²) in [6, 6.07) is -0.271. The van der Waals surface area contributed by atoms with E-state index in [0.717, 1.165) is 0 Å². The van der Waals surface area contributed by atoms with Gasteiger partial charge in [-0.1, -0.05) is 0 Å². The van der Waals surface area contributed by atoms with Crippen molar-refractivity contribution in [1.82, 2.24) is 5.32 Å². The summed E-state index contributed by atoms with van der Waals surface area (Å²) in [5.74, 6) is -0.609. The Labute approximate surface area is 60.2 Å². The summed E-state index contributed by atoms with van der Waals surface area (Å²) in [6.45, 7) is 1.70. The highest BCUT2D eigenvalue weighted by molar-refractivity contribution is 5.74. The van der Waals surface area contributed by atoms with Crippen molar-refractivity contribution in [3.05, 3.63) is 0 Å². The summed E-state index contributed by atoms with van der Waals surface area (Å²) in [6.07, 6.45) is -1.07. The van der Waals surface area contributed by atoms with E-state index in [1.807, 2.05) is 0 Å². The highest BCUT2D eigenvalue weighted by Gasteiger charge is 2.20. The van der Waals surface area contributed by atoms with Gasteiger partial charge in [-0.05, 0) is 14.0 Å². The van der Waals surface area contributed by atoms with Crippen LogP contribution < -0.4 is 5.32 Å². The molecule has 0 aromatic rings. The van der Waals surface area contributed by atoms with Crippen LogP contribution in [0.4, 0.5) is 0 Å². The minimum atomic E-state index is -1.07. The summed E-state index contributed by atoms with van der Waals surface area (Å²) in [5.41, 5.74) is 0. The summed E-state index contributed by atoms with van der Waals surface area (Å²) in [4.78, 5) is 10.6. The molecule has 0 amide bonds. The summed E-state index contributed by atoms with van der Waals surface area (Å²) in [5, 5.41) is 11.8. The highest BCUT2D eigenvalue weighted by atomic mass is 16.5. The molecule has 4 nitrogen and oxygen atoms in total. The second-order valence-corrected chi connectivity index (χ2v) is 2.05. The predicted molar refractivity (Wildman–Crippen MR) is 36.5 cm³/mol. The van der Waals surface area contributed by atoms with Crippen molar-refractivity contribution in [2.45, 2.75) is 19.1 Å². The molecule has 0 saturated carbocycles. The van der Waals surface area contributed by atoms with Crippen molar-refractivity contribution in [3.63, 3.8) is 0 Å². The Bertz CT molecular complexity index is 116. The number of rotatable bonds is 3. The van der Waals surface area contributed by atoms with E-state index in [9.17, 15) is 4.79 Å². The van der Waals surface area contributed by atoms with Crippen LogP contribution in [0, 0.1) is 0 Å². The SMILES string of the molecule is CNC(C)C(O)C(=O)OC. The van der Waals surface area contributed by atoms with E-state index in [1.165, 1.54) is 7.11 Å². The fourth-order valence-electron chi connectivity index (χ4n) is 0.483. The first-order chi connectivity index (χ1) is 4.63. The molecule has 0 aliphatic heterocycles. The minimum absolute atomic E-state index is 0.271. The van der Waals surface area contributed by atoms with Crippen molar-refractivity contribution in [3.8, 4) is 0 Å². The Morgan fingerprint density at radius 2 is 2.20 bits per heavy atom. The number of esters is 1. The summed E-state index contributed by atoms with van der Waals surface area (Å²) < 4.78 is 4.31. The van der Waals surface area contributed by atoms with E-state index in [1.54, 1.807) is 14.0 Å². The fraction of sp³-hybridized carbons (Fsp3) is 0.833. The van der Waals surface area contributed by atoms with Gasteiger partial charge in [0.2, 0.25) is 0 Å². The zero-order valence-corrected chi connectivity index (χ0v) is 6.42. The molecule has 0 bridgehead atoms. The molecule has 10 heavy (non-hydrogen) atoms. The Balaban J connectivity index is 3.81. The number of nitrogens with one attached hydrogen (secondary N) is 1. The second kappa shape index (κ2) is 4.24. The zero-order chi connectivity index (χ0) is 8.15. The van der Waals surface area contributed by atoms with Crippen LogP contribution in [0.1, 0.15) is 6.92 Å². The number of hydrogen-bond acceptors (Lipinski definition) is 4. The lowest BCUT2D eigenvalue weighted by Gasteiger charge is -2.14. The summed E-state index contributed by atoms with van der Waals surface area (Å²) >= 11 is 0. The molecule has 2 atom stereocenters. The average molecular weight is 147 g/mol. The van der Waals surface area contributed by atoms with Crippen molar-refractivity contribution in [1.29, 1.82) is 0 Å². The molecular formula is C6H13NO3. The van der Waals surface area contributed by atoms with Crippen LogP contribution in [0.5, 0.6) is 0 Å². The second-order valence-electron chi connectivity index (χ2n) is 2.05. The molecule has 0 aromatic carbocycles. The van der Waals surface area contributed by atoms with Gasteiger partial charge in [-0.25, -0.2) is 4.79 Å². The molecular weight excluding hydrogens is 134 g/mol. The number of carbonyl (C=O) groups excluding carboxylic acids is 1. The van der Waals surface area contributed by atoms with Gasteiger partial charge in [0.1, 0.15) is 0 Å². The van der Waals surface area contributed by atoms with E-state index in [0.29, 0.717) is 0 Å². The third-order valence-corrected chi connectivity index (χ3v) is 1.37. The van der Waals surface area contributed by atoms with Gasteiger partial charge in [0.25, 0.3) is 0 Å². The van der Waals surface area contributed by atoms with Crippen molar-refractivity contribution >= 4 is 5.97 Å². The number of carbonyl (C=O) groups is 1. The average Bonchev–Trinajstić information content (AvgIpc) is 2.00. The Kier molecular flexibility index (Phi) is 3.99. The lowest BCUT2D eigenvalue weighted by Crippen LogP contribution is -2.40. The van der Waals surface area contributed by atoms with Gasteiger partial charge < -0.3 is 15.2 Å². The molecule has 0 radical (unpaired) electrons. The number of hydrogen-bond donors (Lipinski definition) is 2. The maximum Gasteiger partial charge on any atom is 0.336 e. The van der Waals surface area contributed by atoms with Crippen LogP contribution in [-0.4, -0.2) is 37.4 Å². The fourth-order valence-corrected chi connectivity index (χ4v) is 0.483. The molecule has 0 aliphatic rings. The Morgan fingerprint density at radius 1 is 1.70 bits per heavy atom. The number of aliphatic hydroxyl groups excluding tert-OH is 1. The number of aliphatic hydroxyl groups is 1. The van der Waals surface area contributed by atoms with Gasteiger partial charge in [0.15, 0.2) is 6.10 Å². The maximum atomic E-state index is 10.6. The molecule has 4 heteroatoms. The maximum absolute atomic E-state index is 10.6. The molecule has 0 aliphatic carbocycles. The van der Waals surface area contributed by atoms with E-state index in [4.69, 9.17) is 5.11 Å². The Morgan fingerprint density at radius 3 is 2.50 bits per heavy atom. The van der Waals surface area contributed by atoms with Gasteiger partial charge in [0.05, 0.1) is 7.11 Å². The first kappa shape index (κ1) is 9.39. The van der Waals surface area contributed by atoms with Gasteiger partial charge in [-0.2, -0.15) is 0 Å². The van der Waals surface area contributed by atoms with Crippen LogP contribution in [-0.2, 0) is 9.53 Å². The quantitative estimate of drug-likeness (QED) is 0.509. The summed E-state index contributed by atoms with van der Waals surface area (Å²) in [7, 11) is 2.91. The van der Waals surface area contributed by atoms with E-state index < -0.39 is 12.1 Å². The first-order valence-corrected chi connectivity index (χ1v) is 3.06. The lowest BCUT2D eigenvalue weighted by molar-refractivity contribution is -0.151. The van der Waals surface area contributed by atoms with Crippen LogP contribution in [0.2, 0.25) is 0 Å². The van der Waals surface area contributed by atoms with Crippen molar-refractivity contribution in [2.24, 2.45) is 0 Å². The molecule has 0 spiro atoms. The third-order valence-electron chi connectivity index (χ3n) is 1.37. The molecule has 0 heterocycles. The topological polar surface area (TPSA) is 58.6 Å². The molecule has 0 rings (SSSR count). The molecule has 60 valence electrons. The van der Waals surface area contributed by atoms with Crippen LogP contribution in [0.25, 0.3) is 0 Å². The standard InChI is InChI=1S/C6H13NO3/c1-4(7-2)5(8)6(9)10-3/h4-5,7-8H,1-3H3. The largest absolute Gasteiger partial charge is 0.467 e. The van der Waals surface area contributed by atoms with E-state index in [-0.39, 0.29) is 6.04 Å². The molecule has 0 fully saturated rings. The first-order valence-electron chi connectivity index (χ1n) is 3.06. The van der Waals surface area contributed by atoms with Crippen LogP contribution in [0.15, 0.2) is 0 Å². The van der Waals surface area contributed by atoms with Crippen molar-refractivity contribution < 1.29 is 14.6 Å². The molecule has 2 N–H and O–H groups in total. The molecule has 0 saturated heterocycles. The van der Waals surface area contributed by atoms with E-state index >= 15 is 0 Å². The van der Waals surface area contributed by atoms with Gasteiger partial charge in [-0.15, -0.1) is 0 Å². The smallest absolute Gasteiger partial charge is 0.336 e. The van der Waals surface area contributed by atoms with Gasteiger partial charge in [0, 0.05) is 6.04 Å². The third kappa shape index (κ3) is 2.33. The highest BCUT2D eigenvalue weighted by Crippen LogP contribution is 1.93. The Hall–Kier alpha value is -0.610. The normalized spacial score (nSPS) is 16.0. The van der Waals surface area contributed by atoms with Crippen LogP contribution in [0.3, 0.4) is 0 Å². The monoisotopic (exact) mass is 147 g/mol.